The third-order valence-electron chi connectivity index (χ3n) is 4.39. The second kappa shape index (κ2) is 6.90. The van der Waals surface area contributed by atoms with Crippen molar-refractivity contribution in [1.82, 2.24) is 14.5 Å². The summed E-state index contributed by atoms with van der Waals surface area (Å²) in [6.45, 7) is 0.842. The van der Waals surface area contributed by atoms with Crippen molar-refractivity contribution in [2.75, 3.05) is 19.0 Å². The zero-order chi connectivity index (χ0) is 19.3. The Morgan fingerprint density at radius 2 is 1.79 bits per heavy atom. The molecule has 146 valence electrons. The smallest absolute Gasteiger partial charge is 0.275 e. The normalized spacial score (nSPS) is 11.6. The molecule has 4 aromatic rings. The minimum absolute atomic E-state index is 0. The van der Waals surface area contributed by atoms with Crippen LogP contribution in [0.1, 0.15) is 12.5 Å². The number of alkyl halides is 2. The van der Waals surface area contributed by atoms with E-state index < -0.39 is 5.92 Å². The van der Waals surface area contributed by atoms with Crippen LogP contribution in [0.5, 0.6) is 0 Å². The minimum Gasteiger partial charge on any atom is -0.377 e. The van der Waals surface area contributed by atoms with E-state index in [0.717, 1.165) is 22.8 Å². The Kier molecular flexibility index (Phi) is 4.88. The zero-order valence-corrected chi connectivity index (χ0v) is 16.1. The topological polar surface area (TPSA) is 51.0 Å². The number of thiophene rings is 1. The Morgan fingerprint density at radius 3 is 2.39 bits per heavy atom. The molecular formula is C19H17F3N4OS. The Hall–Kier alpha value is -2.94. The molecule has 4 rings (SSSR count). The summed E-state index contributed by atoms with van der Waals surface area (Å²) >= 11 is 1.28. The molecule has 0 unspecified atom stereocenters. The van der Waals surface area contributed by atoms with Crippen molar-refractivity contribution in [2.24, 2.45) is 0 Å². The highest BCUT2D eigenvalue weighted by atomic mass is 32.1. The van der Waals surface area contributed by atoms with Gasteiger partial charge in [-0.25, -0.2) is 18.7 Å². The summed E-state index contributed by atoms with van der Waals surface area (Å²) in [6, 6.07) is 7.52. The van der Waals surface area contributed by atoms with Crippen molar-refractivity contribution in [2.45, 2.75) is 12.8 Å². The second-order valence-corrected chi connectivity index (χ2v) is 7.54. The van der Waals surface area contributed by atoms with Crippen LogP contribution in [0.2, 0.25) is 0 Å². The summed E-state index contributed by atoms with van der Waals surface area (Å²) in [6.07, 6.45) is 3.14. The number of hydrogen-bond acceptors (Lipinski definition) is 5. The highest BCUT2D eigenvalue weighted by Gasteiger charge is 2.24. The first-order valence-corrected chi connectivity index (χ1v) is 9.04. The average Bonchev–Trinajstić information content (AvgIpc) is 3.01. The number of aromatic nitrogens is 3. The molecule has 0 amide bonds. The predicted molar refractivity (Wildman–Crippen MR) is 107 cm³/mol. The Bertz CT molecular complexity index is 1210. The van der Waals surface area contributed by atoms with Crippen LogP contribution in [0.4, 0.5) is 19.2 Å². The van der Waals surface area contributed by atoms with Gasteiger partial charge in [-0.15, -0.1) is 11.3 Å². The number of rotatable bonds is 3. The SMILES string of the molecule is CN(C)c1ccnc2sc3c(=O)n(-c4ccc(C(C)(F)F)cc4)cnc3c12.F. The van der Waals surface area contributed by atoms with E-state index in [1.807, 2.05) is 25.1 Å². The lowest BCUT2D eigenvalue weighted by molar-refractivity contribution is 0.0175. The first-order valence-electron chi connectivity index (χ1n) is 8.22. The first-order chi connectivity index (χ1) is 12.8. The van der Waals surface area contributed by atoms with Gasteiger partial charge in [-0.05, 0) is 18.2 Å². The lowest BCUT2D eigenvalue weighted by atomic mass is 10.1. The molecule has 0 bridgehead atoms. The molecule has 0 aliphatic carbocycles. The predicted octanol–water partition coefficient (Wildman–Crippen LogP) is 4.33. The number of anilines is 1. The largest absolute Gasteiger partial charge is 0.377 e. The van der Waals surface area contributed by atoms with E-state index in [2.05, 4.69) is 9.97 Å². The van der Waals surface area contributed by atoms with Gasteiger partial charge in [0.05, 0.1) is 22.3 Å². The third kappa shape index (κ3) is 3.11. The summed E-state index contributed by atoms with van der Waals surface area (Å²) in [5, 5.41) is 0.840. The van der Waals surface area contributed by atoms with Crippen molar-refractivity contribution in [1.29, 1.82) is 0 Å². The third-order valence-corrected chi connectivity index (χ3v) is 5.47. The molecule has 28 heavy (non-hydrogen) atoms. The molecule has 0 aliphatic rings. The molecular weight excluding hydrogens is 389 g/mol. The van der Waals surface area contributed by atoms with E-state index in [1.165, 1.54) is 46.5 Å². The monoisotopic (exact) mass is 406 g/mol. The van der Waals surface area contributed by atoms with Gasteiger partial charge in [0.1, 0.15) is 15.9 Å². The van der Waals surface area contributed by atoms with Gasteiger partial charge in [0.25, 0.3) is 11.5 Å². The van der Waals surface area contributed by atoms with Crippen LogP contribution < -0.4 is 10.5 Å². The maximum atomic E-state index is 13.4. The molecule has 1 aromatic carbocycles. The summed E-state index contributed by atoms with van der Waals surface area (Å²) < 4.78 is 28.7. The molecule has 3 aromatic heterocycles. The molecule has 3 heterocycles. The number of pyridine rings is 1. The highest BCUT2D eigenvalue weighted by molar-refractivity contribution is 7.25. The maximum absolute atomic E-state index is 13.4. The number of fused-ring (bicyclic) bond motifs is 3. The van der Waals surface area contributed by atoms with Crippen molar-refractivity contribution in [3.63, 3.8) is 0 Å². The molecule has 0 radical (unpaired) electrons. The number of benzene rings is 1. The van der Waals surface area contributed by atoms with E-state index >= 15 is 0 Å². The lowest BCUT2D eigenvalue weighted by Gasteiger charge is -2.13. The molecule has 0 saturated carbocycles. The van der Waals surface area contributed by atoms with Crippen molar-refractivity contribution in [3.05, 3.63) is 58.8 Å². The molecule has 0 fully saturated rings. The Morgan fingerprint density at radius 1 is 1.11 bits per heavy atom. The highest BCUT2D eigenvalue weighted by Crippen LogP contribution is 2.35. The maximum Gasteiger partial charge on any atom is 0.275 e. The lowest BCUT2D eigenvalue weighted by Crippen LogP contribution is -2.18. The quantitative estimate of drug-likeness (QED) is 0.508. The van der Waals surface area contributed by atoms with Gasteiger partial charge in [0.2, 0.25) is 0 Å². The van der Waals surface area contributed by atoms with Gasteiger partial charge in [0, 0.05) is 32.8 Å². The van der Waals surface area contributed by atoms with Gasteiger partial charge < -0.3 is 4.90 Å². The molecule has 0 spiro atoms. The second-order valence-electron chi connectivity index (χ2n) is 6.54. The number of hydrogen-bond donors (Lipinski definition) is 0. The van der Waals surface area contributed by atoms with Crippen LogP contribution in [0.15, 0.2) is 47.7 Å². The van der Waals surface area contributed by atoms with Crippen LogP contribution in [-0.2, 0) is 5.92 Å². The summed E-state index contributed by atoms with van der Waals surface area (Å²) in [7, 11) is 3.84. The van der Waals surface area contributed by atoms with Gasteiger partial charge >= 0.3 is 0 Å². The van der Waals surface area contributed by atoms with E-state index in [1.54, 1.807) is 6.20 Å². The summed E-state index contributed by atoms with van der Waals surface area (Å²) in [5.74, 6) is -2.93. The zero-order valence-electron chi connectivity index (χ0n) is 15.3. The molecule has 0 saturated heterocycles. The van der Waals surface area contributed by atoms with E-state index in [0.29, 0.717) is 15.9 Å². The summed E-state index contributed by atoms with van der Waals surface area (Å²) in [4.78, 5) is 24.5. The molecule has 5 nitrogen and oxygen atoms in total. The molecule has 0 aliphatic heterocycles. The Labute approximate surface area is 162 Å². The fourth-order valence-electron chi connectivity index (χ4n) is 3.01. The average molecular weight is 406 g/mol. The first kappa shape index (κ1) is 19.8. The van der Waals surface area contributed by atoms with E-state index in [9.17, 15) is 13.6 Å². The van der Waals surface area contributed by atoms with Crippen LogP contribution in [0, 0.1) is 0 Å². The van der Waals surface area contributed by atoms with E-state index in [-0.39, 0.29) is 15.8 Å². The van der Waals surface area contributed by atoms with Crippen LogP contribution >= 0.6 is 11.3 Å². The molecule has 0 atom stereocenters. The Balaban J connectivity index is 0.00000225. The number of nitrogens with zero attached hydrogens (tertiary/aromatic N) is 4. The van der Waals surface area contributed by atoms with Crippen molar-refractivity contribution < 1.29 is 13.5 Å². The standard InChI is InChI=1S/C19H16F2N4OS.FH/c1-19(20,21)11-4-6-12(7-5-11)25-10-23-15-14-13(24(2)3)8-9-22-17(14)27-16(15)18(25)26;/h4-10H,1-3H3;1H. The van der Waals surface area contributed by atoms with Gasteiger partial charge in [-0.3, -0.25) is 14.1 Å². The van der Waals surface area contributed by atoms with Gasteiger partial charge in [0.15, 0.2) is 0 Å². The van der Waals surface area contributed by atoms with Crippen molar-refractivity contribution >= 4 is 37.5 Å². The van der Waals surface area contributed by atoms with Gasteiger partial charge in [-0.1, -0.05) is 12.1 Å². The fourth-order valence-corrected chi connectivity index (χ4v) is 4.06. The molecule has 9 heteroatoms. The fraction of sp³-hybridized carbons (Fsp3) is 0.211. The van der Waals surface area contributed by atoms with Crippen molar-refractivity contribution in [3.8, 4) is 5.69 Å². The number of halogens is 3. The van der Waals surface area contributed by atoms with Crippen LogP contribution in [0.3, 0.4) is 0 Å². The summed E-state index contributed by atoms with van der Waals surface area (Å²) in [5.41, 5.74) is 1.68. The van der Waals surface area contributed by atoms with Crippen LogP contribution in [-0.4, -0.2) is 28.6 Å². The van der Waals surface area contributed by atoms with Crippen LogP contribution in [0.25, 0.3) is 26.1 Å². The van der Waals surface area contributed by atoms with Gasteiger partial charge in [-0.2, -0.15) is 0 Å². The van der Waals surface area contributed by atoms with E-state index in [4.69, 9.17) is 0 Å². The molecule has 0 N–H and O–H groups in total. The minimum atomic E-state index is -2.93.